The molecule has 3 heteroatoms. The van der Waals surface area contributed by atoms with Gasteiger partial charge in [-0.05, 0) is 62.6 Å². The molecule has 0 heterocycles. The summed E-state index contributed by atoms with van der Waals surface area (Å²) in [6.45, 7) is 6.07. The third-order valence-corrected chi connectivity index (χ3v) is 3.38. The minimum absolute atomic E-state index is 0.0384. The van der Waals surface area contributed by atoms with Crippen molar-refractivity contribution < 1.29 is 4.74 Å². The van der Waals surface area contributed by atoms with Gasteiger partial charge in [0.25, 0.3) is 0 Å². The second-order valence-electron chi connectivity index (χ2n) is 5.32. The Bertz CT molecular complexity index is 588. The number of halogens is 1. The van der Waals surface area contributed by atoms with Gasteiger partial charge in [-0.2, -0.15) is 0 Å². The van der Waals surface area contributed by atoms with Gasteiger partial charge in [0, 0.05) is 16.6 Å². The standard InChI is InChI=1S/C17H20ClNO/c1-11-7-12(2)9-14(8-11)20-17-6-4-5-16(18)15(17)10-13(3)19/h4-9,13H,10,19H2,1-3H3. The Morgan fingerprint density at radius 2 is 1.80 bits per heavy atom. The van der Waals surface area contributed by atoms with Gasteiger partial charge in [0.05, 0.1) is 0 Å². The normalized spacial score (nSPS) is 12.2. The summed E-state index contributed by atoms with van der Waals surface area (Å²) >= 11 is 6.27. The highest BCUT2D eigenvalue weighted by Gasteiger charge is 2.11. The van der Waals surface area contributed by atoms with Crippen LogP contribution in [0.2, 0.25) is 5.02 Å². The second kappa shape index (κ2) is 6.29. The fraction of sp³-hybridized carbons (Fsp3) is 0.294. The number of hydrogen-bond donors (Lipinski definition) is 1. The Hall–Kier alpha value is -1.51. The van der Waals surface area contributed by atoms with Crippen LogP contribution in [0, 0.1) is 13.8 Å². The van der Waals surface area contributed by atoms with Crippen molar-refractivity contribution in [2.75, 3.05) is 0 Å². The lowest BCUT2D eigenvalue weighted by Gasteiger charge is -2.15. The van der Waals surface area contributed by atoms with E-state index in [9.17, 15) is 0 Å². The topological polar surface area (TPSA) is 35.2 Å². The fourth-order valence-electron chi connectivity index (χ4n) is 2.27. The molecule has 0 aromatic heterocycles. The first kappa shape index (κ1) is 14.9. The summed E-state index contributed by atoms with van der Waals surface area (Å²) in [4.78, 5) is 0. The van der Waals surface area contributed by atoms with Crippen LogP contribution in [0.1, 0.15) is 23.6 Å². The Morgan fingerprint density at radius 1 is 1.15 bits per heavy atom. The zero-order valence-corrected chi connectivity index (χ0v) is 12.9. The first-order valence-corrected chi connectivity index (χ1v) is 7.12. The molecule has 1 unspecified atom stereocenters. The van der Waals surface area contributed by atoms with Crippen molar-refractivity contribution in [3.05, 3.63) is 58.1 Å². The number of ether oxygens (including phenoxy) is 1. The van der Waals surface area contributed by atoms with Crippen LogP contribution >= 0.6 is 11.6 Å². The predicted molar refractivity (Wildman–Crippen MR) is 84.8 cm³/mol. The van der Waals surface area contributed by atoms with Crippen molar-refractivity contribution in [3.63, 3.8) is 0 Å². The minimum atomic E-state index is 0.0384. The minimum Gasteiger partial charge on any atom is -0.457 e. The molecule has 0 fully saturated rings. The van der Waals surface area contributed by atoms with Gasteiger partial charge in [-0.15, -0.1) is 0 Å². The molecule has 20 heavy (non-hydrogen) atoms. The molecule has 2 rings (SSSR count). The van der Waals surface area contributed by atoms with Crippen LogP contribution in [0.5, 0.6) is 11.5 Å². The molecule has 0 saturated heterocycles. The van der Waals surface area contributed by atoms with Crippen molar-refractivity contribution in [1.29, 1.82) is 0 Å². The molecular formula is C17H20ClNO. The molecule has 0 aliphatic carbocycles. The van der Waals surface area contributed by atoms with E-state index in [-0.39, 0.29) is 6.04 Å². The molecule has 2 aromatic rings. The molecule has 0 aliphatic heterocycles. The van der Waals surface area contributed by atoms with E-state index in [0.717, 1.165) is 17.1 Å². The maximum Gasteiger partial charge on any atom is 0.132 e. The summed E-state index contributed by atoms with van der Waals surface area (Å²) < 4.78 is 6.01. The Labute approximate surface area is 125 Å². The quantitative estimate of drug-likeness (QED) is 0.890. The first-order chi connectivity index (χ1) is 9.45. The van der Waals surface area contributed by atoms with E-state index in [1.807, 2.05) is 37.3 Å². The zero-order chi connectivity index (χ0) is 14.7. The molecule has 106 valence electrons. The molecule has 0 saturated carbocycles. The average molecular weight is 290 g/mol. The molecule has 0 aliphatic rings. The van der Waals surface area contributed by atoms with Crippen molar-refractivity contribution in [2.24, 2.45) is 5.73 Å². The highest BCUT2D eigenvalue weighted by molar-refractivity contribution is 6.31. The highest BCUT2D eigenvalue weighted by atomic mass is 35.5. The lowest BCUT2D eigenvalue weighted by atomic mass is 10.1. The smallest absolute Gasteiger partial charge is 0.132 e. The van der Waals surface area contributed by atoms with Crippen LogP contribution in [0.4, 0.5) is 0 Å². The van der Waals surface area contributed by atoms with Crippen LogP contribution in [-0.4, -0.2) is 6.04 Å². The number of rotatable bonds is 4. The molecule has 0 bridgehead atoms. The van der Waals surface area contributed by atoms with Crippen LogP contribution in [0.25, 0.3) is 0 Å². The monoisotopic (exact) mass is 289 g/mol. The SMILES string of the molecule is Cc1cc(C)cc(Oc2cccc(Cl)c2CC(C)N)c1. The Morgan fingerprint density at radius 3 is 2.40 bits per heavy atom. The largest absolute Gasteiger partial charge is 0.457 e. The van der Waals surface area contributed by atoms with Crippen LogP contribution in [0.3, 0.4) is 0 Å². The number of benzene rings is 2. The van der Waals surface area contributed by atoms with E-state index in [2.05, 4.69) is 19.9 Å². The predicted octanol–water partition coefficient (Wildman–Crippen LogP) is 4.64. The second-order valence-corrected chi connectivity index (χ2v) is 5.73. The van der Waals surface area contributed by atoms with E-state index in [1.54, 1.807) is 0 Å². The van der Waals surface area contributed by atoms with E-state index in [1.165, 1.54) is 11.1 Å². The maximum atomic E-state index is 6.27. The van der Waals surface area contributed by atoms with Gasteiger partial charge in [0.15, 0.2) is 0 Å². The summed E-state index contributed by atoms with van der Waals surface area (Å²) in [5.74, 6) is 1.61. The lowest BCUT2D eigenvalue weighted by molar-refractivity contribution is 0.473. The fourth-order valence-corrected chi connectivity index (χ4v) is 2.52. The van der Waals surface area contributed by atoms with Crippen molar-refractivity contribution >= 4 is 11.6 Å². The molecule has 1 atom stereocenters. The van der Waals surface area contributed by atoms with Gasteiger partial charge in [0.1, 0.15) is 11.5 Å². The summed E-state index contributed by atoms with van der Waals surface area (Å²) in [6, 6.07) is 11.9. The zero-order valence-electron chi connectivity index (χ0n) is 12.1. The molecule has 2 nitrogen and oxygen atoms in total. The highest BCUT2D eigenvalue weighted by Crippen LogP contribution is 2.32. The summed E-state index contributed by atoms with van der Waals surface area (Å²) in [7, 11) is 0. The van der Waals surface area contributed by atoms with Gasteiger partial charge < -0.3 is 10.5 Å². The van der Waals surface area contributed by atoms with Gasteiger partial charge in [-0.25, -0.2) is 0 Å². The summed E-state index contributed by atoms with van der Waals surface area (Å²) in [5, 5.41) is 0.698. The van der Waals surface area contributed by atoms with Crippen molar-refractivity contribution in [2.45, 2.75) is 33.2 Å². The average Bonchev–Trinajstić information content (AvgIpc) is 2.32. The van der Waals surface area contributed by atoms with Crippen LogP contribution in [0.15, 0.2) is 36.4 Å². The van der Waals surface area contributed by atoms with Gasteiger partial charge in [0.2, 0.25) is 0 Å². The van der Waals surface area contributed by atoms with E-state index < -0.39 is 0 Å². The van der Waals surface area contributed by atoms with Crippen molar-refractivity contribution in [3.8, 4) is 11.5 Å². The maximum absolute atomic E-state index is 6.27. The Balaban J connectivity index is 2.35. The molecule has 0 radical (unpaired) electrons. The van der Waals surface area contributed by atoms with E-state index in [0.29, 0.717) is 11.4 Å². The number of aryl methyl sites for hydroxylation is 2. The van der Waals surface area contributed by atoms with Gasteiger partial charge in [-0.1, -0.05) is 23.7 Å². The van der Waals surface area contributed by atoms with Crippen LogP contribution < -0.4 is 10.5 Å². The lowest BCUT2D eigenvalue weighted by Crippen LogP contribution is -2.18. The summed E-state index contributed by atoms with van der Waals surface area (Å²) in [5.41, 5.74) is 9.20. The number of nitrogens with two attached hydrogens (primary N) is 1. The third-order valence-electron chi connectivity index (χ3n) is 3.02. The third kappa shape index (κ3) is 3.75. The Kier molecular flexibility index (Phi) is 4.69. The van der Waals surface area contributed by atoms with Gasteiger partial charge in [-0.3, -0.25) is 0 Å². The molecular weight excluding hydrogens is 270 g/mol. The van der Waals surface area contributed by atoms with E-state index in [4.69, 9.17) is 22.1 Å². The molecule has 2 N–H and O–H groups in total. The first-order valence-electron chi connectivity index (χ1n) is 6.75. The molecule has 2 aromatic carbocycles. The van der Waals surface area contributed by atoms with E-state index >= 15 is 0 Å². The summed E-state index contributed by atoms with van der Waals surface area (Å²) in [6.07, 6.45) is 0.694. The van der Waals surface area contributed by atoms with Crippen LogP contribution in [-0.2, 0) is 6.42 Å². The molecule has 0 spiro atoms. The molecule has 0 amide bonds. The van der Waals surface area contributed by atoms with Crippen molar-refractivity contribution in [1.82, 2.24) is 0 Å². The number of hydrogen-bond acceptors (Lipinski definition) is 2. The van der Waals surface area contributed by atoms with Gasteiger partial charge >= 0.3 is 0 Å².